The van der Waals surface area contributed by atoms with Crippen molar-refractivity contribution in [3.8, 4) is 0 Å². The molecule has 0 radical (unpaired) electrons. The second kappa shape index (κ2) is 7.67. The number of nitrogens with one attached hydrogen (secondary N) is 2. The maximum atomic E-state index is 11.7. The monoisotopic (exact) mass is 242 g/mol. The van der Waals surface area contributed by atoms with Crippen molar-refractivity contribution in [1.82, 2.24) is 10.6 Å². The number of hydrogen-bond donors (Lipinski definition) is 3. The van der Waals surface area contributed by atoms with Crippen LogP contribution in [0.1, 0.15) is 46.0 Å². The highest BCUT2D eigenvalue weighted by Gasteiger charge is 2.17. The fraction of sp³-hybridized carbons (Fsp3) is 0.923. The van der Waals surface area contributed by atoms with Gasteiger partial charge in [-0.25, -0.2) is 0 Å². The molecule has 4 heteroatoms. The zero-order chi connectivity index (χ0) is 12.7. The Bertz CT molecular complexity index is 225. The number of rotatable bonds is 7. The Labute approximate surface area is 104 Å². The van der Waals surface area contributed by atoms with Gasteiger partial charge in [0.2, 0.25) is 5.91 Å². The maximum absolute atomic E-state index is 11.7. The zero-order valence-electron chi connectivity index (χ0n) is 11.0. The molecule has 100 valence electrons. The second-order valence-corrected chi connectivity index (χ2v) is 5.44. The van der Waals surface area contributed by atoms with Gasteiger partial charge < -0.3 is 15.7 Å². The van der Waals surface area contributed by atoms with Gasteiger partial charge in [0.1, 0.15) is 0 Å². The SMILES string of the molecule is CC(C)CC(CO)NC(=O)CNC1CCCC1. The first-order valence-electron chi connectivity index (χ1n) is 6.75. The highest BCUT2D eigenvalue weighted by molar-refractivity contribution is 5.78. The molecule has 1 aliphatic rings. The summed E-state index contributed by atoms with van der Waals surface area (Å²) in [4.78, 5) is 11.7. The van der Waals surface area contributed by atoms with Gasteiger partial charge in [-0.3, -0.25) is 4.79 Å². The number of carbonyl (C=O) groups excluding carboxylic acids is 1. The topological polar surface area (TPSA) is 61.4 Å². The number of aliphatic hydroxyl groups excluding tert-OH is 1. The molecule has 1 fully saturated rings. The van der Waals surface area contributed by atoms with E-state index in [0.29, 0.717) is 18.5 Å². The van der Waals surface area contributed by atoms with E-state index in [9.17, 15) is 4.79 Å². The van der Waals surface area contributed by atoms with Crippen LogP contribution in [0.5, 0.6) is 0 Å². The molecule has 1 saturated carbocycles. The average molecular weight is 242 g/mol. The van der Waals surface area contributed by atoms with Crippen LogP contribution in [0.3, 0.4) is 0 Å². The van der Waals surface area contributed by atoms with Crippen LogP contribution in [-0.4, -0.2) is 36.2 Å². The molecular weight excluding hydrogens is 216 g/mol. The van der Waals surface area contributed by atoms with E-state index in [-0.39, 0.29) is 18.6 Å². The summed E-state index contributed by atoms with van der Waals surface area (Å²) in [5, 5.41) is 15.3. The molecule has 17 heavy (non-hydrogen) atoms. The molecule has 1 atom stereocenters. The molecule has 1 unspecified atom stereocenters. The lowest BCUT2D eigenvalue weighted by Crippen LogP contribution is -2.44. The molecule has 0 saturated heterocycles. The lowest BCUT2D eigenvalue weighted by molar-refractivity contribution is -0.121. The van der Waals surface area contributed by atoms with Gasteiger partial charge >= 0.3 is 0 Å². The Balaban J connectivity index is 2.17. The molecule has 0 heterocycles. The van der Waals surface area contributed by atoms with Gasteiger partial charge in [0, 0.05) is 6.04 Å². The lowest BCUT2D eigenvalue weighted by Gasteiger charge is -2.19. The second-order valence-electron chi connectivity index (χ2n) is 5.44. The molecule has 1 aliphatic carbocycles. The van der Waals surface area contributed by atoms with E-state index in [1.165, 1.54) is 25.7 Å². The summed E-state index contributed by atoms with van der Waals surface area (Å²) < 4.78 is 0. The standard InChI is InChI=1S/C13H26N2O2/c1-10(2)7-12(9-16)15-13(17)8-14-11-5-3-4-6-11/h10-12,14,16H,3-9H2,1-2H3,(H,15,17). The highest BCUT2D eigenvalue weighted by atomic mass is 16.3. The van der Waals surface area contributed by atoms with Gasteiger partial charge in [0.25, 0.3) is 0 Å². The van der Waals surface area contributed by atoms with Crippen LogP contribution in [0, 0.1) is 5.92 Å². The van der Waals surface area contributed by atoms with Gasteiger partial charge in [-0.15, -0.1) is 0 Å². The van der Waals surface area contributed by atoms with Gasteiger partial charge in [-0.2, -0.15) is 0 Å². The normalized spacial score (nSPS) is 18.6. The van der Waals surface area contributed by atoms with Crippen molar-refractivity contribution in [3.63, 3.8) is 0 Å². The first-order chi connectivity index (χ1) is 8.11. The van der Waals surface area contributed by atoms with Crippen LogP contribution in [0.2, 0.25) is 0 Å². The predicted molar refractivity (Wildman–Crippen MR) is 68.7 cm³/mol. The van der Waals surface area contributed by atoms with Crippen LogP contribution in [0.25, 0.3) is 0 Å². The van der Waals surface area contributed by atoms with E-state index in [4.69, 9.17) is 5.11 Å². The number of aliphatic hydroxyl groups is 1. The van der Waals surface area contributed by atoms with Crippen LogP contribution in [0.15, 0.2) is 0 Å². The molecule has 0 aromatic heterocycles. The van der Waals surface area contributed by atoms with E-state index < -0.39 is 0 Å². The van der Waals surface area contributed by atoms with E-state index in [2.05, 4.69) is 24.5 Å². The van der Waals surface area contributed by atoms with Crippen LogP contribution >= 0.6 is 0 Å². The van der Waals surface area contributed by atoms with E-state index in [1.54, 1.807) is 0 Å². The first kappa shape index (κ1) is 14.5. The van der Waals surface area contributed by atoms with E-state index >= 15 is 0 Å². The molecule has 0 bridgehead atoms. The molecule has 1 amide bonds. The number of amides is 1. The fourth-order valence-electron chi connectivity index (χ4n) is 2.39. The summed E-state index contributed by atoms with van der Waals surface area (Å²) >= 11 is 0. The Morgan fingerprint density at radius 3 is 2.53 bits per heavy atom. The zero-order valence-corrected chi connectivity index (χ0v) is 11.0. The number of carbonyl (C=O) groups is 1. The summed E-state index contributed by atoms with van der Waals surface area (Å²) in [7, 11) is 0. The third-order valence-corrected chi connectivity index (χ3v) is 3.25. The third-order valence-electron chi connectivity index (χ3n) is 3.25. The van der Waals surface area contributed by atoms with Crippen molar-refractivity contribution >= 4 is 5.91 Å². The van der Waals surface area contributed by atoms with Crippen molar-refractivity contribution in [2.75, 3.05) is 13.2 Å². The first-order valence-corrected chi connectivity index (χ1v) is 6.75. The Morgan fingerprint density at radius 2 is 2.00 bits per heavy atom. The Hall–Kier alpha value is -0.610. The quantitative estimate of drug-likeness (QED) is 0.625. The summed E-state index contributed by atoms with van der Waals surface area (Å²) in [5.41, 5.74) is 0. The van der Waals surface area contributed by atoms with E-state index in [1.807, 2.05) is 0 Å². The minimum Gasteiger partial charge on any atom is -0.394 e. The molecule has 3 N–H and O–H groups in total. The minimum absolute atomic E-state index is 0.00315. The summed E-state index contributed by atoms with van der Waals surface area (Å²) in [5.74, 6) is 0.479. The van der Waals surface area contributed by atoms with Crippen LogP contribution in [0.4, 0.5) is 0 Å². The summed E-state index contributed by atoms with van der Waals surface area (Å²) in [6.07, 6.45) is 5.73. The molecule has 1 rings (SSSR count). The lowest BCUT2D eigenvalue weighted by atomic mass is 10.0. The smallest absolute Gasteiger partial charge is 0.234 e. The predicted octanol–water partition coefficient (Wildman–Crippen LogP) is 1.04. The fourth-order valence-corrected chi connectivity index (χ4v) is 2.39. The van der Waals surface area contributed by atoms with Crippen LogP contribution in [-0.2, 0) is 4.79 Å². The molecule has 0 aromatic carbocycles. The van der Waals surface area contributed by atoms with Gasteiger partial charge in [0.15, 0.2) is 0 Å². The minimum atomic E-state index is -0.104. The van der Waals surface area contributed by atoms with Gasteiger partial charge in [-0.05, 0) is 25.2 Å². The average Bonchev–Trinajstić information content (AvgIpc) is 2.77. The van der Waals surface area contributed by atoms with E-state index in [0.717, 1.165) is 6.42 Å². The van der Waals surface area contributed by atoms with Crippen LogP contribution < -0.4 is 10.6 Å². The molecule has 0 aliphatic heterocycles. The number of hydrogen-bond acceptors (Lipinski definition) is 3. The Morgan fingerprint density at radius 1 is 1.35 bits per heavy atom. The van der Waals surface area contributed by atoms with Gasteiger partial charge in [-0.1, -0.05) is 26.7 Å². The molecule has 0 spiro atoms. The molecule has 0 aromatic rings. The van der Waals surface area contributed by atoms with Crippen molar-refractivity contribution < 1.29 is 9.90 Å². The van der Waals surface area contributed by atoms with Crippen molar-refractivity contribution in [3.05, 3.63) is 0 Å². The van der Waals surface area contributed by atoms with Crippen molar-refractivity contribution in [1.29, 1.82) is 0 Å². The highest BCUT2D eigenvalue weighted by Crippen LogP contribution is 2.17. The largest absolute Gasteiger partial charge is 0.394 e. The van der Waals surface area contributed by atoms with Gasteiger partial charge in [0.05, 0.1) is 19.2 Å². The van der Waals surface area contributed by atoms with Crippen molar-refractivity contribution in [2.24, 2.45) is 5.92 Å². The Kier molecular flexibility index (Phi) is 6.52. The maximum Gasteiger partial charge on any atom is 0.234 e. The molecular formula is C13H26N2O2. The van der Waals surface area contributed by atoms with Crippen molar-refractivity contribution in [2.45, 2.75) is 58.0 Å². The third kappa shape index (κ3) is 6.03. The molecule has 4 nitrogen and oxygen atoms in total. The summed E-state index contributed by atoms with van der Waals surface area (Å²) in [6, 6.07) is 0.409. The summed E-state index contributed by atoms with van der Waals surface area (Å²) in [6.45, 7) is 4.57.